The minimum absolute atomic E-state index is 0.288. The van der Waals surface area contributed by atoms with Gasteiger partial charge in [0.1, 0.15) is 11.6 Å². The van der Waals surface area contributed by atoms with E-state index in [1.807, 2.05) is 49.4 Å². The van der Waals surface area contributed by atoms with Crippen LogP contribution in [0, 0.1) is 6.92 Å². The highest BCUT2D eigenvalue weighted by molar-refractivity contribution is 5.86. The van der Waals surface area contributed by atoms with Crippen molar-refractivity contribution in [1.29, 1.82) is 0 Å². The fourth-order valence-electron chi connectivity index (χ4n) is 2.48. The van der Waals surface area contributed by atoms with Gasteiger partial charge in [-0.25, -0.2) is 4.79 Å². The van der Waals surface area contributed by atoms with E-state index in [1.165, 1.54) is 0 Å². The first-order valence-corrected chi connectivity index (χ1v) is 8.62. The van der Waals surface area contributed by atoms with E-state index < -0.39 is 17.7 Å². The van der Waals surface area contributed by atoms with Crippen LogP contribution in [0.4, 0.5) is 4.79 Å². The lowest BCUT2D eigenvalue weighted by Gasteiger charge is -2.23. The minimum Gasteiger partial charge on any atom is -0.444 e. The molecule has 2 amide bonds. The van der Waals surface area contributed by atoms with Crippen molar-refractivity contribution in [2.24, 2.45) is 0 Å². The van der Waals surface area contributed by atoms with Crippen LogP contribution < -0.4 is 10.6 Å². The number of ether oxygens (including phenoxy) is 1. The second kappa shape index (κ2) is 8.52. The molecule has 26 heavy (non-hydrogen) atoms. The van der Waals surface area contributed by atoms with Crippen molar-refractivity contribution in [3.63, 3.8) is 0 Å². The van der Waals surface area contributed by atoms with Crippen LogP contribution in [0.15, 0.2) is 54.6 Å². The molecule has 5 heteroatoms. The van der Waals surface area contributed by atoms with E-state index in [9.17, 15) is 9.59 Å². The quantitative estimate of drug-likeness (QED) is 0.856. The molecule has 0 spiro atoms. The summed E-state index contributed by atoms with van der Waals surface area (Å²) in [6.45, 7) is 7.73. The van der Waals surface area contributed by atoms with Gasteiger partial charge in [-0.15, -0.1) is 0 Å². The number of nitrogens with one attached hydrogen (secondary N) is 2. The number of hydrogen-bond donors (Lipinski definition) is 2. The number of alkyl carbamates (subject to hydrolysis) is 1. The van der Waals surface area contributed by atoms with Gasteiger partial charge in [-0.1, -0.05) is 60.2 Å². The summed E-state index contributed by atoms with van der Waals surface area (Å²) in [5.41, 5.74) is 2.19. The summed E-state index contributed by atoms with van der Waals surface area (Å²) in [6, 6.07) is 16.2. The molecule has 1 unspecified atom stereocenters. The Hall–Kier alpha value is -2.82. The van der Waals surface area contributed by atoms with E-state index >= 15 is 0 Å². The van der Waals surface area contributed by atoms with Gasteiger partial charge < -0.3 is 15.4 Å². The van der Waals surface area contributed by atoms with Gasteiger partial charge in [-0.05, 0) is 38.8 Å². The monoisotopic (exact) mass is 354 g/mol. The van der Waals surface area contributed by atoms with E-state index in [0.717, 1.165) is 11.1 Å². The number of hydrogen-bond acceptors (Lipinski definition) is 3. The highest BCUT2D eigenvalue weighted by Crippen LogP contribution is 2.15. The normalized spacial score (nSPS) is 12.2. The van der Waals surface area contributed by atoms with Crippen molar-refractivity contribution in [2.45, 2.75) is 45.9 Å². The number of benzene rings is 2. The maximum atomic E-state index is 12.7. The number of rotatable bonds is 5. The molecular formula is C21H26N2O3. The summed E-state index contributed by atoms with van der Waals surface area (Å²) >= 11 is 0. The van der Waals surface area contributed by atoms with E-state index in [1.54, 1.807) is 32.9 Å². The molecule has 5 nitrogen and oxygen atoms in total. The van der Waals surface area contributed by atoms with Gasteiger partial charge >= 0.3 is 6.09 Å². The first kappa shape index (κ1) is 19.5. The van der Waals surface area contributed by atoms with Crippen LogP contribution in [0.3, 0.4) is 0 Å². The van der Waals surface area contributed by atoms with Crippen LogP contribution in [0.25, 0.3) is 0 Å². The third kappa shape index (κ3) is 6.24. The summed E-state index contributed by atoms with van der Waals surface area (Å²) < 4.78 is 5.29. The first-order valence-electron chi connectivity index (χ1n) is 8.62. The van der Waals surface area contributed by atoms with Crippen LogP contribution >= 0.6 is 0 Å². The molecule has 2 aromatic carbocycles. The highest BCUT2D eigenvalue weighted by Gasteiger charge is 2.25. The fourth-order valence-corrected chi connectivity index (χ4v) is 2.48. The van der Waals surface area contributed by atoms with Crippen LogP contribution in [0.5, 0.6) is 0 Å². The molecule has 0 saturated carbocycles. The molecule has 0 fully saturated rings. The number of carbonyl (C=O) groups is 2. The Labute approximate surface area is 154 Å². The van der Waals surface area contributed by atoms with Crippen molar-refractivity contribution in [2.75, 3.05) is 0 Å². The number of amides is 2. The van der Waals surface area contributed by atoms with Crippen LogP contribution in [-0.4, -0.2) is 17.6 Å². The largest absolute Gasteiger partial charge is 0.444 e. The molecule has 2 aromatic rings. The Balaban J connectivity index is 2.10. The molecule has 138 valence electrons. The number of aryl methyl sites for hydroxylation is 1. The van der Waals surface area contributed by atoms with Crippen molar-refractivity contribution >= 4 is 12.0 Å². The van der Waals surface area contributed by atoms with Crippen molar-refractivity contribution < 1.29 is 14.3 Å². The van der Waals surface area contributed by atoms with Crippen molar-refractivity contribution in [3.05, 3.63) is 71.3 Å². The predicted octanol–water partition coefficient (Wildman–Crippen LogP) is 3.88. The van der Waals surface area contributed by atoms with E-state index in [2.05, 4.69) is 10.6 Å². The molecule has 2 N–H and O–H groups in total. The number of carbonyl (C=O) groups excluding carboxylic acids is 2. The fraction of sp³-hybridized carbons (Fsp3) is 0.333. The average Bonchev–Trinajstić information content (AvgIpc) is 2.57. The smallest absolute Gasteiger partial charge is 0.408 e. The van der Waals surface area contributed by atoms with Crippen LogP contribution in [-0.2, 0) is 16.1 Å². The third-order valence-electron chi connectivity index (χ3n) is 3.61. The lowest BCUT2D eigenvalue weighted by molar-refractivity contribution is -0.123. The zero-order valence-corrected chi connectivity index (χ0v) is 15.7. The van der Waals surface area contributed by atoms with Gasteiger partial charge in [0.05, 0.1) is 0 Å². The van der Waals surface area contributed by atoms with Crippen molar-refractivity contribution in [1.82, 2.24) is 10.6 Å². The Morgan fingerprint density at radius 3 is 2.35 bits per heavy atom. The van der Waals surface area contributed by atoms with Crippen LogP contribution in [0.2, 0.25) is 0 Å². The van der Waals surface area contributed by atoms with Gasteiger partial charge in [-0.2, -0.15) is 0 Å². The van der Waals surface area contributed by atoms with Gasteiger partial charge in [-0.3, -0.25) is 4.79 Å². The molecule has 0 bridgehead atoms. The van der Waals surface area contributed by atoms with Gasteiger partial charge in [0.15, 0.2) is 0 Å². The second-order valence-corrected chi connectivity index (χ2v) is 7.20. The summed E-state index contributed by atoms with van der Waals surface area (Å²) in [4.78, 5) is 24.9. The maximum Gasteiger partial charge on any atom is 0.408 e. The molecule has 0 aliphatic carbocycles. The van der Waals surface area contributed by atoms with Gasteiger partial charge in [0.2, 0.25) is 5.91 Å². The summed E-state index contributed by atoms with van der Waals surface area (Å²) in [5, 5.41) is 5.55. The molecular weight excluding hydrogens is 328 g/mol. The van der Waals surface area contributed by atoms with Crippen molar-refractivity contribution in [3.8, 4) is 0 Å². The second-order valence-electron chi connectivity index (χ2n) is 7.20. The Bertz CT molecular complexity index is 751. The first-order chi connectivity index (χ1) is 12.2. The lowest BCUT2D eigenvalue weighted by atomic mass is 10.1. The third-order valence-corrected chi connectivity index (χ3v) is 3.61. The molecule has 2 rings (SSSR count). The molecule has 0 radical (unpaired) electrons. The highest BCUT2D eigenvalue weighted by atomic mass is 16.6. The van der Waals surface area contributed by atoms with Gasteiger partial charge in [0.25, 0.3) is 0 Å². The summed E-state index contributed by atoms with van der Waals surface area (Å²) in [7, 11) is 0. The maximum absolute atomic E-state index is 12.7. The molecule has 0 aliphatic rings. The van der Waals surface area contributed by atoms with E-state index in [4.69, 9.17) is 4.74 Å². The predicted molar refractivity (Wildman–Crippen MR) is 102 cm³/mol. The molecule has 0 aliphatic heterocycles. The van der Waals surface area contributed by atoms with Crippen LogP contribution in [0.1, 0.15) is 43.5 Å². The van der Waals surface area contributed by atoms with E-state index in [-0.39, 0.29) is 5.91 Å². The van der Waals surface area contributed by atoms with Gasteiger partial charge in [0, 0.05) is 6.54 Å². The summed E-state index contributed by atoms with van der Waals surface area (Å²) in [5.74, 6) is -0.288. The molecule has 0 aromatic heterocycles. The molecule has 1 atom stereocenters. The Morgan fingerprint density at radius 1 is 1.04 bits per heavy atom. The topological polar surface area (TPSA) is 67.4 Å². The minimum atomic E-state index is -0.823. The van der Waals surface area contributed by atoms with E-state index in [0.29, 0.717) is 12.1 Å². The molecule has 0 saturated heterocycles. The lowest BCUT2D eigenvalue weighted by Crippen LogP contribution is -2.42. The average molecular weight is 354 g/mol. The molecule has 0 heterocycles. The standard InChI is InChI=1S/C21H26N2O3/c1-15-9-8-10-16(13-15)14-22-19(24)18(17-11-6-5-7-12-17)23-20(25)26-21(2,3)4/h5-13,18H,14H2,1-4H3,(H,22,24)(H,23,25). The Morgan fingerprint density at radius 2 is 1.73 bits per heavy atom. The SMILES string of the molecule is Cc1cccc(CNC(=O)C(NC(=O)OC(C)(C)C)c2ccccc2)c1. The Kier molecular flexibility index (Phi) is 6.39. The zero-order valence-electron chi connectivity index (χ0n) is 15.7. The summed E-state index contributed by atoms with van der Waals surface area (Å²) in [6.07, 6.45) is -0.628. The zero-order chi connectivity index (χ0) is 19.2.